The summed E-state index contributed by atoms with van der Waals surface area (Å²) in [4.78, 5) is 39.5. The topological polar surface area (TPSA) is 69.7 Å². The summed E-state index contributed by atoms with van der Waals surface area (Å²) in [5.41, 5.74) is -0.906. The molecule has 0 spiro atoms. The zero-order chi connectivity index (χ0) is 21.6. The third-order valence-corrected chi connectivity index (χ3v) is 5.93. The fraction of sp³-hybridized carbons (Fsp3) is 0.526. The predicted octanol–water partition coefficient (Wildman–Crippen LogP) is 3.41. The van der Waals surface area contributed by atoms with Crippen molar-refractivity contribution in [3.8, 4) is 0 Å². The number of hydrogen-bond acceptors (Lipinski definition) is 3. The number of halogens is 4. The van der Waals surface area contributed by atoms with E-state index in [0.29, 0.717) is 14.9 Å². The molecule has 1 aromatic carbocycles. The molecule has 0 bridgehead atoms. The molecule has 1 saturated carbocycles. The van der Waals surface area contributed by atoms with E-state index in [2.05, 4.69) is 21.2 Å². The molecule has 1 N–H and O–H groups in total. The van der Waals surface area contributed by atoms with Crippen LogP contribution in [0.1, 0.15) is 32.3 Å². The highest BCUT2D eigenvalue weighted by Crippen LogP contribution is 2.36. The number of hydrogen-bond donors (Lipinski definition) is 1. The minimum Gasteiger partial charge on any atom is -0.329 e. The molecular formula is C19H21BrF3N3O3. The molecule has 2 aliphatic rings. The predicted molar refractivity (Wildman–Crippen MR) is 102 cm³/mol. The maximum atomic E-state index is 13.0. The summed E-state index contributed by atoms with van der Waals surface area (Å²) in [6.45, 7) is 0.927. The summed E-state index contributed by atoms with van der Waals surface area (Å²) < 4.78 is 39.7. The molecule has 3 rings (SSSR count). The molecule has 2 unspecified atom stereocenters. The number of rotatable bonds is 6. The largest absolute Gasteiger partial charge is 0.406 e. The number of amides is 4. The van der Waals surface area contributed by atoms with Gasteiger partial charge in [-0.1, -0.05) is 28.1 Å². The smallest absolute Gasteiger partial charge is 0.329 e. The maximum absolute atomic E-state index is 13.0. The van der Waals surface area contributed by atoms with E-state index < -0.39 is 48.7 Å². The van der Waals surface area contributed by atoms with Gasteiger partial charge in [0.1, 0.15) is 18.6 Å². The molecule has 1 aromatic rings. The SMILES string of the molecule is CC(C1CC1)N(CC(F)(F)F)C(=O)CN1C(=O)NC(C)(c2cccc(Br)c2)C1=O. The molecular weight excluding hydrogens is 455 g/mol. The number of carbonyl (C=O) groups excluding carboxylic acids is 3. The van der Waals surface area contributed by atoms with Gasteiger partial charge in [0.25, 0.3) is 5.91 Å². The van der Waals surface area contributed by atoms with Crippen LogP contribution in [0.15, 0.2) is 28.7 Å². The van der Waals surface area contributed by atoms with Gasteiger partial charge in [0.2, 0.25) is 5.91 Å². The van der Waals surface area contributed by atoms with Crippen molar-refractivity contribution in [2.45, 2.75) is 44.4 Å². The summed E-state index contributed by atoms with van der Waals surface area (Å²) in [5, 5.41) is 2.55. The summed E-state index contributed by atoms with van der Waals surface area (Å²) in [6.07, 6.45) is -3.05. The van der Waals surface area contributed by atoms with Crippen LogP contribution in [0.4, 0.5) is 18.0 Å². The molecule has 4 amide bonds. The summed E-state index contributed by atoms with van der Waals surface area (Å²) >= 11 is 3.30. The van der Waals surface area contributed by atoms with Gasteiger partial charge < -0.3 is 10.2 Å². The Balaban J connectivity index is 1.80. The molecule has 1 aliphatic carbocycles. The summed E-state index contributed by atoms with van der Waals surface area (Å²) in [5.74, 6) is -1.57. The zero-order valence-electron chi connectivity index (χ0n) is 15.9. The van der Waals surface area contributed by atoms with Gasteiger partial charge in [-0.05, 0) is 50.3 Å². The van der Waals surface area contributed by atoms with E-state index in [1.54, 1.807) is 31.2 Å². The number of nitrogens with one attached hydrogen (secondary N) is 1. The zero-order valence-corrected chi connectivity index (χ0v) is 17.5. The van der Waals surface area contributed by atoms with Crippen molar-refractivity contribution in [3.63, 3.8) is 0 Å². The van der Waals surface area contributed by atoms with Crippen LogP contribution in [0.2, 0.25) is 0 Å². The van der Waals surface area contributed by atoms with Crippen LogP contribution < -0.4 is 5.32 Å². The van der Waals surface area contributed by atoms with Crippen molar-refractivity contribution < 1.29 is 27.6 Å². The lowest BCUT2D eigenvalue weighted by Crippen LogP contribution is -2.50. The molecule has 1 saturated heterocycles. The normalized spacial score (nSPS) is 23.2. The van der Waals surface area contributed by atoms with Gasteiger partial charge in [-0.2, -0.15) is 13.2 Å². The van der Waals surface area contributed by atoms with Crippen LogP contribution in [0, 0.1) is 5.92 Å². The van der Waals surface area contributed by atoms with Crippen LogP contribution in [0.25, 0.3) is 0 Å². The van der Waals surface area contributed by atoms with E-state index in [1.807, 2.05) is 0 Å². The summed E-state index contributed by atoms with van der Waals surface area (Å²) in [6, 6.07) is 5.34. The van der Waals surface area contributed by atoms with Crippen molar-refractivity contribution in [2.24, 2.45) is 5.92 Å². The van der Waals surface area contributed by atoms with E-state index in [0.717, 1.165) is 17.7 Å². The average molecular weight is 476 g/mol. The molecule has 29 heavy (non-hydrogen) atoms. The number of imide groups is 1. The third-order valence-electron chi connectivity index (χ3n) is 5.44. The van der Waals surface area contributed by atoms with Crippen LogP contribution in [0.3, 0.4) is 0 Å². The van der Waals surface area contributed by atoms with Gasteiger partial charge in [-0.15, -0.1) is 0 Å². The Morgan fingerprint density at radius 1 is 1.38 bits per heavy atom. The standard InChI is InChI=1S/C19H21BrF3N3O3/c1-11(12-6-7-12)26(10-19(21,22)23)15(27)9-25-16(28)18(2,24-17(25)29)13-4-3-5-14(20)8-13/h3-5,8,11-12H,6-7,9-10H2,1-2H3,(H,24,29). The molecule has 1 aliphatic heterocycles. The van der Waals surface area contributed by atoms with Gasteiger partial charge in [-0.25, -0.2) is 4.79 Å². The number of benzene rings is 1. The molecule has 158 valence electrons. The Bertz CT molecular complexity index is 843. The quantitative estimate of drug-likeness (QED) is 0.641. The Morgan fingerprint density at radius 2 is 2.03 bits per heavy atom. The second kappa shape index (κ2) is 7.62. The third kappa shape index (κ3) is 4.57. The van der Waals surface area contributed by atoms with Crippen molar-refractivity contribution in [3.05, 3.63) is 34.3 Å². The van der Waals surface area contributed by atoms with Crippen molar-refractivity contribution in [1.29, 1.82) is 0 Å². The van der Waals surface area contributed by atoms with Gasteiger partial charge in [0.05, 0.1) is 0 Å². The van der Waals surface area contributed by atoms with Crippen molar-refractivity contribution in [1.82, 2.24) is 15.1 Å². The lowest BCUT2D eigenvalue weighted by molar-refractivity contribution is -0.166. The van der Waals surface area contributed by atoms with Crippen LogP contribution in [-0.2, 0) is 15.1 Å². The molecule has 0 aromatic heterocycles. The van der Waals surface area contributed by atoms with Crippen molar-refractivity contribution in [2.75, 3.05) is 13.1 Å². The number of alkyl halides is 3. The van der Waals surface area contributed by atoms with Crippen LogP contribution in [-0.4, -0.2) is 53.0 Å². The Hall–Kier alpha value is -2.10. The van der Waals surface area contributed by atoms with Crippen LogP contribution >= 0.6 is 15.9 Å². The monoisotopic (exact) mass is 475 g/mol. The maximum Gasteiger partial charge on any atom is 0.406 e. The fourth-order valence-electron chi connectivity index (χ4n) is 3.55. The van der Waals surface area contributed by atoms with Crippen LogP contribution in [0.5, 0.6) is 0 Å². The number of nitrogens with zero attached hydrogens (tertiary/aromatic N) is 2. The molecule has 2 atom stereocenters. The highest BCUT2D eigenvalue weighted by molar-refractivity contribution is 9.10. The summed E-state index contributed by atoms with van der Waals surface area (Å²) in [7, 11) is 0. The Labute approximate surface area is 174 Å². The van der Waals surface area contributed by atoms with Crippen molar-refractivity contribution >= 4 is 33.8 Å². The second-order valence-electron chi connectivity index (χ2n) is 7.67. The number of urea groups is 1. The molecule has 6 nitrogen and oxygen atoms in total. The van der Waals surface area contributed by atoms with Gasteiger partial charge in [0.15, 0.2) is 0 Å². The fourth-order valence-corrected chi connectivity index (χ4v) is 3.95. The molecule has 0 radical (unpaired) electrons. The second-order valence-corrected chi connectivity index (χ2v) is 8.59. The van der Waals surface area contributed by atoms with E-state index in [4.69, 9.17) is 0 Å². The minimum absolute atomic E-state index is 0.0105. The van der Waals surface area contributed by atoms with E-state index >= 15 is 0 Å². The van der Waals surface area contributed by atoms with E-state index in [9.17, 15) is 27.6 Å². The first kappa shape index (κ1) is 21.6. The highest BCUT2D eigenvalue weighted by atomic mass is 79.9. The number of carbonyl (C=O) groups is 3. The first-order chi connectivity index (χ1) is 13.4. The molecule has 1 heterocycles. The lowest BCUT2D eigenvalue weighted by atomic mass is 9.92. The molecule has 10 heteroatoms. The average Bonchev–Trinajstić information content (AvgIpc) is 3.44. The van der Waals surface area contributed by atoms with E-state index in [-0.39, 0.29) is 5.92 Å². The molecule has 2 fully saturated rings. The minimum atomic E-state index is -4.57. The lowest BCUT2D eigenvalue weighted by Gasteiger charge is -2.31. The highest BCUT2D eigenvalue weighted by Gasteiger charge is 2.50. The first-order valence-corrected chi connectivity index (χ1v) is 9.98. The Morgan fingerprint density at radius 3 is 2.59 bits per heavy atom. The van der Waals surface area contributed by atoms with Gasteiger partial charge in [-0.3, -0.25) is 14.5 Å². The Kier molecular flexibility index (Phi) is 5.68. The first-order valence-electron chi connectivity index (χ1n) is 9.19. The van der Waals surface area contributed by atoms with Gasteiger partial charge in [0, 0.05) is 10.5 Å². The van der Waals surface area contributed by atoms with E-state index in [1.165, 1.54) is 6.92 Å². The van der Waals surface area contributed by atoms with Gasteiger partial charge >= 0.3 is 12.2 Å².